The fourth-order valence-electron chi connectivity index (χ4n) is 0.542. The predicted molar refractivity (Wildman–Crippen MR) is 50.0 cm³/mol. The zero-order valence-corrected chi connectivity index (χ0v) is 7.29. The molecule has 3 heteroatoms. The molecule has 0 unspecified atom stereocenters. The van der Waals surface area contributed by atoms with Crippen molar-refractivity contribution in [2.45, 2.75) is 4.90 Å². The number of hydrogen-bond acceptors (Lipinski definition) is 2. The molecule has 0 bridgehead atoms. The average molecular weight is 175 g/mol. The van der Waals surface area contributed by atoms with Gasteiger partial charge in [-0.25, -0.2) is 0 Å². The summed E-state index contributed by atoms with van der Waals surface area (Å²) in [5.74, 6) is 0. The Morgan fingerprint density at radius 1 is 1.00 bits per heavy atom. The van der Waals surface area contributed by atoms with E-state index in [-0.39, 0.29) is 8.96 Å². The maximum Gasteiger partial charge on any atom is 0.180 e. The van der Waals surface area contributed by atoms with E-state index >= 15 is 0 Å². The lowest BCUT2D eigenvalue weighted by atomic mass is 10.4. The molecule has 1 aromatic carbocycles. The number of hydrogen-bond donors (Lipinski definition) is 2. The largest absolute Gasteiger partial charge is 0.180 e. The van der Waals surface area contributed by atoms with E-state index in [1.54, 1.807) is 0 Å². The van der Waals surface area contributed by atoms with Crippen LogP contribution in [0.5, 0.6) is 0 Å². The van der Waals surface area contributed by atoms with Gasteiger partial charge in [-0.1, -0.05) is 18.2 Å². The van der Waals surface area contributed by atoms with Gasteiger partial charge in [0.1, 0.15) is 0 Å². The first-order valence-electron chi connectivity index (χ1n) is 2.48. The van der Waals surface area contributed by atoms with Gasteiger partial charge >= 0.3 is 0 Å². The zero-order valence-electron chi connectivity index (χ0n) is 4.69. The molecule has 0 heterocycles. The second-order valence-corrected chi connectivity index (χ2v) is 5.63. The normalized spacial score (nSPS) is 10.1. The molecule has 0 radical (unpaired) electrons. The summed E-state index contributed by atoms with van der Waals surface area (Å²) in [5, 5.41) is 0. The predicted octanol–water partition coefficient (Wildman–Crippen LogP) is 2.35. The van der Waals surface area contributed by atoms with Crippen LogP contribution in [0.4, 0.5) is 0 Å². The summed E-state index contributed by atoms with van der Waals surface area (Å²) in [6.07, 6.45) is 0. The SMILES string of the molecule is S[S+](S)c1ccccc1. The van der Waals surface area contributed by atoms with Crippen molar-refractivity contribution in [2.75, 3.05) is 0 Å². The van der Waals surface area contributed by atoms with Crippen molar-refractivity contribution in [3.05, 3.63) is 30.3 Å². The molecular weight excluding hydrogens is 168 g/mol. The molecule has 1 aromatic rings. The Bertz CT molecular complexity index is 171. The van der Waals surface area contributed by atoms with Crippen molar-refractivity contribution < 1.29 is 0 Å². The molecule has 1 rings (SSSR count). The van der Waals surface area contributed by atoms with Crippen LogP contribution in [0.25, 0.3) is 0 Å². The summed E-state index contributed by atoms with van der Waals surface area (Å²) in [6.45, 7) is 0. The second-order valence-electron chi connectivity index (χ2n) is 1.58. The van der Waals surface area contributed by atoms with Crippen molar-refractivity contribution in [1.82, 2.24) is 0 Å². The Kier molecular flexibility index (Phi) is 2.82. The van der Waals surface area contributed by atoms with E-state index < -0.39 is 0 Å². The highest BCUT2D eigenvalue weighted by Crippen LogP contribution is 2.19. The minimum Gasteiger partial charge on any atom is -0.0619 e. The molecule has 0 amide bonds. The van der Waals surface area contributed by atoms with Gasteiger partial charge in [0.2, 0.25) is 0 Å². The van der Waals surface area contributed by atoms with Gasteiger partial charge in [0.05, 0.1) is 23.3 Å². The van der Waals surface area contributed by atoms with Crippen LogP contribution in [-0.4, -0.2) is 0 Å². The molecule has 0 saturated carbocycles. The third-order valence-corrected chi connectivity index (χ3v) is 2.91. The van der Waals surface area contributed by atoms with Gasteiger partial charge < -0.3 is 0 Å². The Morgan fingerprint density at radius 2 is 1.56 bits per heavy atom. The summed E-state index contributed by atoms with van der Waals surface area (Å²) in [6, 6.07) is 9.99. The highest BCUT2D eigenvalue weighted by atomic mass is 33.5. The first kappa shape index (κ1) is 7.38. The smallest absolute Gasteiger partial charge is 0.0619 e. The van der Waals surface area contributed by atoms with Crippen LogP contribution in [0.3, 0.4) is 0 Å². The molecule has 9 heavy (non-hydrogen) atoms. The van der Waals surface area contributed by atoms with E-state index in [2.05, 4.69) is 23.3 Å². The summed E-state index contributed by atoms with van der Waals surface area (Å²) in [5.41, 5.74) is 0. The maximum absolute atomic E-state index is 4.18. The van der Waals surface area contributed by atoms with Crippen LogP contribution in [-0.2, 0) is 8.96 Å². The molecule has 0 aliphatic carbocycles. The number of rotatable bonds is 1. The van der Waals surface area contributed by atoms with Crippen LogP contribution in [0, 0.1) is 0 Å². The molecule has 48 valence electrons. The number of benzene rings is 1. The van der Waals surface area contributed by atoms with Gasteiger partial charge in [-0.15, -0.1) is 0 Å². The standard InChI is InChI=1S/C6H7S3/c7-9(8)6-4-2-1-3-5-6/h1-5,7-8H/q+1. The summed E-state index contributed by atoms with van der Waals surface area (Å²) in [4.78, 5) is 1.17. The molecule has 0 fully saturated rings. The Morgan fingerprint density at radius 3 is 1.89 bits per heavy atom. The highest BCUT2D eigenvalue weighted by Gasteiger charge is 2.09. The molecule has 0 aliphatic rings. The summed E-state index contributed by atoms with van der Waals surface area (Å²) >= 11 is 8.36. The lowest BCUT2D eigenvalue weighted by Gasteiger charge is -1.87. The lowest BCUT2D eigenvalue weighted by Crippen LogP contribution is -1.79. The monoisotopic (exact) mass is 175 g/mol. The Balaban J connectivity index is 2.85. The van der Waals surface area contributed by atoms with Crippen LogP contribution < -0.4 is 0 Å². The molecule has 0 aliphatic heterocycles. The quantitative estimate of drug-likeness (QED) is 0.365. The van der Waals surface area contributed by atoms with Crippen molar-refractivity contribution in [1.29, 1.82) is 0 Å². The van der Waals surface area contributed by atoms with Crippen molar-refractivity contribution in [3.63, 3.8) is 0 Å². The average Bonchev–Trinajstić information content (AvgIpc) is 1.90. The minimum absolute atomic E-state index is 0.190. The molecular formula is C6H7S3+. The van der Waals surface area contributed by atoms with Gasteiger partial charge in [-0.05, 0) is 12.1 Å². The Labute approximate surface area is 67.6 Å². The van der Waals surface area contributed by atoms with Gasteiger partial charge in [-0.3, -0.25) is 0 Å². The zero-order chi connectivity index (χ0) is 6.69. The van der Waals surface area contributed by atoms with Crippen molar-refractivity contribution >= 4 is 32.3 Å². The van der Waals surface area contributed by atoms with Crippen LogP contribution in [0.15, 0.2) is 35.2 Å². The third-order valence-electron chi connectivity index (χ3n) is 0.954. The lowest BCUT2D eigenvalue weighted by molar-refractivity contribution is 1.47. The van der Waals surface area contributed by atoms with E-state index in [1.165, 1.54) is 4.90 Å². The fourth-order valence-corrected chi connectivity index (χ4v) is 1.67. The van der Waals surface area contributed by atoms with E-state index in [4.69, 9.17) is 0 Å². The van der Waals surface area contributed by atoms with Crippen LogP contribution in [0.2, 0.25) is 0 Å². The molecule has 0 aromatic heterocycles. The topological polar surface area (TPSA) is 0 Å². The Hall–Kier alpha value is 0.270. The van der Waals surface area contributed by atoms with E-state index in [0.29, 0.717) is 0 Å². The molecule has 0 saturated heterocycles. The first-order valence-corrected chi connectivity index (χ1v) is 5.81. The highest BCUT2D eigenvalue weighted by molar-refractivity contribution is 8.98. The molecule has 0 nitrogen and oxygen atoms in total. The summed E-state index contributed by atoms with van der Waals surface area (Å²) < 4.78 is 0. The van der Waals surface area contributed by atoms with Gasteiger partial charge in [-0.2, -0.15) is 0 Å². The van der Waals surface area contributed by atoms with Crippen LogP contribution >= 0.6 is 23.3 Å². The fraction of sp³-hybridized carbons (Fsp3) is 0. The van der Waals surface area contributed by atoms with Gasteiger partial charge in [0.25, 0.3) is 0 Å². The third kappa shape index (κ3) is 2.16. The summed E-state index contributed by atoms with van der Waals surface area (Å²) in [7, 11) is -0.190. The second kappa shape index (κ2) is 3.44. The van der Waals surface area contributed by atoms with E-state index in [1.807, 2.05) is 30.3 Å². The van der Waals surface area contributed by atoms with Gasteiger partial charge in [0, 0.05) is 0 Å². The molecule has 0 atom stereocenters. The van der Waals surface area contributed by atoms with Crippen LogP contribution in [0.1, 0.15) is 0 Å². The maximum atomic E-state index is 4.18. The first-order chi connectivity index (χ1) is 4.30. The number of thiol groups is 2. The van der Waals surface area contributed by atoms with Crippen molar-refractivity contribution in [2.24, 2.45) is 0 Å². The molecule has 0 N–H and O–H groups in total. The minimum atomic E-state index is -0.190. The van der Waals surface area contributed by atoms with Gasteiger partial charge in [0.15, 0.2) is 13.9 Å². The van der Waals surface area contributed by atoms with E-state index in [9.17, 15) is 0 Å². The van der Waals surface area contributed by atoms with E-state index in [0.717, 1.165) is 0 Å². The van der Waals surface area contributed by atoms with Crippen molar-refractivity contribution in [3.8, 4) is 0 Å². The molecule has 0 spiro atoms.